The van der Waals surface area contributed by atoms with Crippen molar-refractivity contribution in [2.24, 2.45) is 0 Å². The SMILES string of the molecule is Cc1ccc(SCCC(=O)OCc2nnc(-c3ccc(Cl)cc3)o2)cc1. The smallest absolute Gasteiger partial charge is 0.307 e. The maximum Gasteiger partial charge on any atom is 0.307 e. The average molecular weight is 389 g/mol. The predicted octanol–water partition coefficient (Wildman–Crippen LogP) is 4.92. The van der Waals surface area contributed by atoms with Gasteiger partial charge in [-0.2, -0.15) is 0 Å². The minimum absolute atomic E-state index is 0.0331. The molecule has 0 aliphatic rings. The van der Waals surface area contributed by atoms with Gasteiger partial charge in [0.1, 0.15) is 0 Å². The first-order valence-electron chi connectivity index (χ1n) is 8.03. The molecule has 0 unspecified atom stereocenters. The summed E-state index contributed by atoms with van der Waals surface area (Å²) in [5.74, 6) is 0.981. The van der Waals surface area contributed by atoms with Gasteiger partial charge in [-0.1, -0.05) is 29.3 Å². The maximum absolute atomic E-state index is 11.8. The van der Waals surface area contributed by atoms with Crippen LogP contribution in [0.1, 0.15) is 17.9 Å². The van der Waals surface area contributed by atoms with E-state index >= 15 is 0 Å². The van der Waals surface area contributed by atoms with Crippen molar-refractivity contribution in [1.29, 1.82) is 0 Å². The van der Waals surface area contributed by atoms with E-state index in [2.05, 4.69) is 22.3 Å². The van der Waals surface area contributed by atoms with Crippen LogP contribution in [-0.4, -0.2) is 21.9 Å². The van der Waals surface area contributed by atoms with Gasteiger partial charge in [-0.3, -0.25) is 4.79 Å². The summed E-state index contributed by atoms with van der Waals surface area (Å²) in [6.07, 6.45) is 0.316. The van der Waals surface area contributed by atoms with E-state index in [4.69, 9.17) is 20.8 Å². The first kappa shape index (κ1) is 18.5. The van der Waals surface area contributed by atoms with Crippen molar-refractivity contribution >= 4 is 29.3 Å². The molecule has 0 radical (unpaired) electrons. The summed E-state index contributed by atoms with van der Waals surface area (Å²) in [7, 11) is 0. The highest BCUT2D eigenvalue weighted by Gasteiger charge is 2.11. The zero-order valence-electron chi connectivity index (χ0n) is 14.1. The van der Waals surface area contributed by atoms with E-state index in [1.807, 2.05) is 19.1 Å². The number of hydrogen-bond donors (Lipinski definition) is 0. The van der Waals surface area contributed by atoms with Gasteiger partial charge in [-0.05, 0) is 43.3 Å². The Bertz CT molecular complexity index is 863. The Kier molecular flexibility index (Phi) is 6.30. The predicted molar refractivity (Wildman–Crippen MR) is 101 cm³/mol. The van der Waals surface area contributed by atoms with Crippen molar-refractivity contribution in [3.63, 3.8) is 0 Å². The molecule has 0 saturated heterocycles. The molecule has 1 heterocycles. The number of carbonyl (C=O) groups excluding carboxylic acids is 1. The number of thioether (sulfide) groups is 1. The summed E-state index contributed by atoms with van der Waals surface area (Å²) in [5, 5.41) is 8.47. The van der Waals surface area contributed by atoms with Gasteiger partial charge in [0.15, 0.2) is 6.61 Å². The van der Waals surface area contributed by atoms with Crippen molar-refractivity contribution in [2.45, 2.75) is 24.8 Å². The first-order chi connectivity index (χ1) is 12.6. The molecule has 3 aromatic rings. The third-order valence-electron chi connectivity index (χ3n) is 3.51. The fourth-order valence-corrected chi connectivity index (χ4v) is 3.08. The topological polar surface area (TPSA) is 65.2 Å². The van der Waals surface area contributed by atoms with Crippen molar-refractivity contribution in [2.75, 3.05) is 5.75 Å². The van der Waals surface area contributed by atoms with Crippen LogP contribution in [0, 0.1) is 6.92 Å². The molecule has 26 heavy (non-hydrogen) atoms. The molecule has 0 fully saturated rings. The molecule has 1 aromatic heterocycles. The molecule has 2 aromatic carbocycles. The largest absolute Gasteiger partial charge is 0.456 e. The monoisotopic (exact) mass is 388 g/mol. The molecule has 7 heteroatoms. The number of aryl methyl sites for hydroxylation is 1. The number of benzene rings is 2. The van der Waals surface area contributed by atoms with E-state index in [9.17, 15) is 4.79 Å². The summed E-state index contributed by atoms with van der Waals surface area (Å²) in [5.41, 5.74) is 1.97. The third kappa shape index (κ3) is 5.34. The van der Waals surface area contributed by atoms with Crippen molar-refractivity contribution in [1.82, 2.24) is 10.2 Å². The number of carbonyl (C=O) groups is 1. The van der Waals surface area contributed by atoms with Crippen LogP contribution in [0.5, 0.6) is 0 Å². The molecule has 0 aliphatic carbocycles. The van der Waals surface area contributed by atoms with E-state index in [1.54, 1.807) is 36.0 Å². The Morgan fingerprint density at radius 1 is 1.12 bits per heavy atom. The highest BCUT2D eigenvalue weighted by molar-refractivity contribution is 7.99. The van der Waals surface area contributed by atoms with Gasteiger partial charge in [-0.25, -0.2) is 0 Å². The van der Waals surface area contributed by atoms with Crippen LogP contribution in [0.15, 0.2) is 57.8 Å². The van der Waals surface area contributed by atoms with Crippen LogP contribution < -0.4 is 0 Å². The Morgan fingerprint density at radius 3 is 2.58 bits per heavy atom. The summed E-state index contributed by atoms with van der Waals surface area (Å²) < 4.78 is 10.7. The number of nitrogens with zero attached hydrogens (tertiary/aromatic N) is 2. The van der Waals surface area contributed by atoms with Gasteiger partial charge in [0.25, 0.3) is 5.89 Å². The summed E-state index contributed by atoms with van der Waals surface area (Å²) in [6, 6.07) is 15.2. The molecular weight excluding hydrogens is 372 g/mol. The van der Waals surface area contributed by atoms with Gasteiger partial charge >= 0.3 is 5.97 Å². The molecule has 0 atom stereocenters. The third-order valence-corrected chi connectivity index (χ3v) is 4.78. The molecule has 0 N–H and O–H groups in total. The summed E-state index contributed by atoms with van der Waals surface area (Å²) >= 11 is 7.47. The number of hydrogen-bond acceptors (Lipinski definition) is 6. The number of ether oxygens (including phenoxy) is 1. The first-order valence-corrected chi connectivity index (χ1v) is 9.40. The van der Waals surface area contributed by atoms with E-state index in [0.717, 1.165) is 10.5 Å². The van der Waals surface area contributed by atoms with Gasteiger partial charge in [0, 0.05) is 21.2 Å². The lowest BCUT2D eigenvalue weighted by atomic mass is 10.2. The number of esters is 1. The molecule has 0 saturated carbocycles. The fraction of sp³-hybridized carbons (Fsp3) is 0.211. The Labute approximate surface area is 160 Å². The van der Waals surface area contributed by atoms with Crippen molar-refractivity contribution in [3.05, 3.63) is 65.0 Å². The minimum atomic E-state index is -0.296. The lowest BCUT2D eigenvalue weighted by Gasteiger charge is -2.03. The minimum Gasteiger partial charge on any atom is -0.456 e. The number of aromatic nitrogens is 2. The second-order valence-corrected chi connectivity index (χ2v) is 7.18. The molecule has 0 bridgehead atoms. The summed E-state index contributed by atoms with van der Waals surface area (Å²) in [6.45, 7) is 2.01. The summed E-state index contributed by atoms with van der Waals surface area (Å²) in [4.78, 5) is 13.0. The quantitative estimate of drug-likeness (QED) is 0.422. The fourth-order valence-electron chi connectivity index (χ4n) is 2.12. The molecule has 0 amide bonds. The van der Waals surface area contributed by atoms with Crippen molar-refractivity contribution < 1.29 is 13.9 Å². The molecule has 134 valence electrons. The van der Waals surface area contributed by atoms with Gasteiger partial charge in [0.2, 0.25) is 5.89 Å². The van der Waals surface area contributed by atoms with E-state index in [-0.39, 0.29) is 18.5 Å². The zero-order valence-corrected chi connectivity index (χ0v) is 15.7. The lowest BCUT2D eigenvalue weighted by Crippen LogP contribution is -2.05. The zero-order chi connectivity index (χ0) is 18.4. The standard InChI is InChI=1S/C19H17ClN2O3S/c1-13-2-8-16(9-3-13)26-11-10-18(23)24-12-17-21-22-19(25-17)14-4-6-15(20)7-5-14/h2-9H,10-12H2,1H3. The Balaban J connectivity index is 1.43. The Hall–Kier alpha value is -2.31. The number of halogens is 1. The molecule has 5 nitrogen and oxygen atoms in total. The van der Waals surface area contributed by atoms with Crippen LogP contribution in [0.2, 0.25) is 5.02 Å². The highest BCUT2D eigenvalue weighted by Crippen LogP contribution is 2.21. The maximum atomic E-state index is 11.8. The molecule has 3 rings (SSSR count). The van der Waals surface area contributed by atoms with E-state index in [1.165, 1.54) is 5.56 Å². The second-order valence-electron chi connectivity index (χ2n) is 5.58. The van der Waals surface area contributed by atoms with Gasteiger partial charge in [0.05, 0.1) is 6.42 Å². The molecule has 0 spiro atoms. The van der Waals surface area contributed by atoms with Crippen LogP contribution in [-0.2, 0) is 16.1 Å². The number of rotatable bonds is 7. The van der Waals surface area contributed by atoms with Crippen LogP contribution in [0.4, 0.5) is 0 Å². The van der Waals surface area contributed by atoms with E-state index in [0.29, 0.717) is 23.1 Å². The normalized spacial score (nSPS) is 10.7. The lowest BCUT2D eigenvalue weighted by molar-refractivity contribution is -0.145. The highest BCUT2D eigenvalue weighted by atomic mass is 35.5. The van der Waals surface area contributed by atoms with Crippen molar-refractivity contribution in [3.8, 4) is 11.5 Å². The Morgan fingerprint density at radius 2 is 1.85 bits per heavy atom. The van der Waals surface area contributed by atoms with E-state index < -0.39 is 0 Å². The average Bonchev–Trinajstić information content (AvgIpc) is 3.11. The van der Waals surface area contributed by atoms with Crippen LogP contribution in [0.25, 0.3) is 11.5 Å². The van der Waals surface area contributed by atoms with Gasteiger partial charge < -0.3 is 9.15 Å². The second kappa shape index (κ2) is 8.87. The molecular formula is C19H17ClN2O3S. The van der Waals surface area contributed by atoms with Gasteiger partial charge in [-0.15, -0.1) is 22.0 Å². The molecule has 0 aliphatic heterocycles. The van der Waals surface area contributed by atoms with Crippen LogP contribution in [0.3, 0.4) is 0 Å². The van der Waals surface area contributed by atoms with Crippen LogP contribution >= 0.6 is 23.4 Å².